The molecule has 0 aromatic heterocycles. The molecule has 0 saturated carbocycles. The fraction of sp³-hybridized carbons (Fsp3) is 0.261. The summed E-state index contributed by atoms with van der Waals surface area (Å²) in [5, 5.41) is 20.6. The minimum atomic E-state index is -0.838. The lowest BCUT2D eigenvalue weighted by atomic mass is 10.0. The number of nitrogens with one attached hydrogen (secondary N) is 2. The first kappa shape index (κ1) is 22.6. The Morgan fingerprint density at radius 2 is 2.00 bits per heavy atom. The van der Waals surface area contributed by atoms with Crippen LogP contribution in [0, 0.1) is 29.6 Å². The van der Waals surface area contributed by atoms with Gasteiger partial charge in [-0.1, -0.05) is 6.07 Å². The van der Waals surface area contributed by atoms with Crippen LogP contribution < -0.4 is 21.5 Å². The van der Waals surface area contributed by atoms with Gasteiger partial charge in [0.2, 0.25) is 0 Å². The van der Waals surface area contributed by atoms with Gasteiger partial charge < -0.3 is 26.4 Å². The van der Waals surface area contributed by atoms with E-state index in [1.54, 1.807) is 48.2 Å². The van der Waals surface area contributed by atoms with Crippen LogP contribution in [0.15, 0.2) is 53.9 Å². The van der Waals surface area contributed by atoms with Crippen LogP contribution in [-0.2, 0) is 4.79 Å². The van der Waals surface area contributed by atoms with Gasteiger partial charge in [0.05, 0.1) is 5.71 Å². The molecule has 1 aliphatic rings. The Hall–Kier alpha value is -4.06. The maximum atomic E-state index is 14.0. The molecule has 0 spiro atoms. The molecule has 3 rings (SSSR count). The van der Waals surface area contributed by atoms with Crippen molar-refractivity contribution in [2.75, 3.05) is 13.1 Å². The van der Waals surface area contributed by atoms with Gasteiger partial charge in [-0.25, -0.2) is 4.39 Å². The molecular formula is C23H25FN6O2. The van der Waals surface area contributed by atoms with E-state index in [0.717, 1.165) is 18.4 Å². The number of nitrogens with zero attached hydrogens (tertiary/aromatic N) is 2. The number of nitrogens with two attached hydrogens (primary N) is 2. The van der Waals surface area contributed by atoms with E-state index < -0.39 is 11.7 Å². The van der Waals surface area contributed by atoms with Crippen molar-refractivity contribution in [3.8, 4) is 17.7 Å². The summed E-state index contributed by atoms with van der Waals surface area (Å²) in [5.74, 6) is -0.857. The Bertz CT molecular complexity index is 1090. The molecule has 1 saturated heterocycles. The SMILES string of the molecule is Cc1ccc(Oc2ccc(C(=N)/C(C(N)=O)=C(/N)NC3CCCN(C#N)C3)cc2)c(F)c1. The molecule has 0 aliphatic carbocycles. The number of carbonyl (C=O) groups excluding carboxylic acids is 1. The lowest BCUT2D eigenvalue weighted by Gasteiger charge is -2.30. The molecule has 1 unspecified atom stereocenters. The quantitative estimate of drug-likeness (QED) is 0.298. The molecule has 0 radical (unpaired) electrons. The van der Waals surface area contributed by atoms with Crippen LogP contribution in [-0.4, -0.2) is 35.7 Å². The molecule has 9 heteroatoms. The smallest absolute Gasteiger partial charge is 0.254 e. The topological polar surface area (TPSA) is 141 Å². The number of nitriles is 1. The third-order valence-electron chi connectivity index (χ3n) is 5.15. The Balaban J connectivity index is 1.76. The number of hydrogen-bond acceptors (Lipinski definition) is 7. The summed E-state index contributed by atoms with van der Waals surface area (Å²) < 4.78 is 19.6. The zero-order valence-electron chi connectivity index (χ0n) is 17.7. The van der Waals surface area contributed by atoms with Crippen LogP contribution in [0.1, 0.15) is 24.0 Å². The number of benzene rings is 2. The van der Waals surface area contributed by atoms with Gasteiger partial charge in [0, 0.05) is 24.7 Å². The number of primary amides is 1. The maximum Gasteiger partial charge on any atom is 0.254 e. The highest BCUT2D eigenvalue weighted by Crippen LogP contribution is 2.26. The van der Waals surface area contributed by atoms with E-state index in [2.05, 4.69) is 11.5 Å². The summed E-state index contributed by atoms with van der Waals surface area (Å²) in [5.41, 5.74) is 12.5. The number of rotatable bonds is 7. The van der Waals surface area contributed by atoms with Gasteiger partial charge in [0.25, 0.3) is 5.91 Å². The Kier molecular flexibility index (Phi) is 6.95. The summed E-state index contributed by atoms with van der Waals surface area (Å²) in [4.78, 5) is 13.7. The molecule has 8 nitrogen and oxygen atoms in total. The minimum Gasteiger partial charge on any atom is -0.454 e. The Labute approximate surface area is 185 Å². The molecule has 2 aromatic rings. The first-order valence-corrected chi connectivity index (χ1v) is 10.1. The largest absolute Gasteiger partial charge is 0.454 e. The molecule has 1 atom stereocenters. The third kappa shape index (κ3) is 5.35. The van der Waals surface area contributed by atoms with Crippen LogP contribution in [0.4, 0.5) is 4.39 Å². The number of carbonyl (C=O) groups is 1. The molecule has 6 N–H and O–H groups in total. The predicted octanol–water partition coefficient (Wildman–Crippen LogP) is 2.48. The average Bonchev–Trinajstić information content (AvgIpc) is 2.76. The fourth-order valence-electron chi connectivity index (χ4n) is 3.52. The van der Waals surface area contributed by atoms with Gasteiger partial charge in [0.1, 0.15) is 17.1 Å². The maximum absolute atomic E-state index is 14.0. The normalized spacial score (nSPS) is 16.5. The van der Waals surface area contributed by atoms with Gasteiger partial charge in [-0.3, -0.25) is 10.2 Å². The van der Waals surface area contributed by atoms with Gasteiger partial charge in [-0.2, -0.15) is 5.26 Å². The van der Waals surface area contributed by atoms with E-state index in [9.17, 15) is 9.18 Å². The van der Waals surface area contributed by atoms with Crippen LogP contribution in [0.2, 0.25) is 0 Å². The van der Waals surface area contributed by atoms with Crippen molar-refractivity contribution in [1.29, 1.82) is 10.7 Å². The molecule has 1 heterocycles. The second-order valence-electron chi connectivity index (χ2n) is 7.62. The molecule has 1 amide bonds. The third-order valence-corrected chi connectivity index (χ3v) is 5.15. The van der Waals surface area contributed by atoms with Crippen LogP contribution >= 0.6 is 0 Å². The lowest BCUT2D eigenvalue weighted by Crippen LogP contribution is -2.46. The van der Waals surface area contributed by atoms with Crippen LogP contribution in [0.5, 0.6) is 11.5 Å². The van der Waals surface area contributed by atoms with Gasteiger partial charge in [-0.05, 0) is 61.7 Å². The predicted molar refractivity (Wildman–Crippen MR) is 118 cm³/mol. The first-order chi connectivity index (χ1) is 15.3. The number of amides is 1. The van der Waals surface area contributed by atoms with Crippen molar-refractivity contribution >= 4 is 11.6 Å². The second kappa shape index (κ2) is 9.83. The molecular weight excluding hydrogens is 411 g/mol. The van der Waals surface area contributed by atoms with E-state index in [4.69, 9.17) is 26.9 Å². The van der Waals surface area contributed by atoms with E-state index in [-0.39, 0.29) is 28.9 Å². The summed E-state index contributed by atoms with van der Waals surface area (Å²) in [6, 6.07) is 10.8. The van der Waals surface area contributed by atoms with E-state index >= 15 is 0 Å². The lowest BCUT2D eigenvalue weighted by molar-refractivity contribution is -0.114. The van der Waals surface area contributed by atoms with Crippen molar-refractivity contribution < 1.29 is 13.9 Å². The van der Waals surface area contributed by atoms with Gasteiger partial charge in [0.15, 0.2) is 17.8 Å². The molecule has 2 aromatic carbocycles. The summed E-state index contributed by atoms with van der Waals surface area (Å²) in [6.07, 6.45) is 3.69. The Morgan fingerprint density at radius 1 is 1.28 bits per heavy atom. The summed E-state index contributed by atoms with van der Waals surface area (Å²) in [7, 11) is 0. The van der Waals surface area contributed by atoms with E-state index in [0.29, 0.717) is 24.4 Å². The highest BCUT2D eigenvalue weighted by Gasteiger charge is 2.23. The standard InChI is InChI=1S/C23H25FN6O2/c1-14-4-9-19(18(24)11-14)32-17-7-5-15(6-8-17)21(26)20(23(28)31)22(27)29-16-3-2-10-30(12-16)13-25/h4-9,11,16,26,29H,2-3,10,12,27H2,1H3,(H2,28,31)/b22-20+,26-21?. The fourth-order valence-corrected chi connectivity index (χ4v) is 3.52. The average molecular weight is 436 g/mol. The number of piperidine rings is 1. The van der Waals surface area contributed by atoms with E-state index in [1.165, 1.54) is 6.07 Å². The number of hydrogen-bond donors (Lipinski definition) is 4. The summed E-state index contributed by atoms with van der Waals surface area (Å²) in [6.45, 7) is 2.92. The van der Waals surface area contributed by atoms with Crippen molar-refractivity contribution in [1.82, 2.24) is 10.2 Å². The molecule has 1 fully saturated rings. The Morgan fingerprint density at radius 3 is 2.62 bits per heavy atom. The molecule has 1 aliphatic heterocycles. The monoisotopic (exact) mass is 436 g/mol. The van der Waals surface area contributed by atoms with Crippen molar-refractivity contribution in [2.45, 2.75) is 25.8 Å². The molecule has 32 heavy (non-hydrogen) atoms. The highest BCUT2D eigenvalue weighted by molar-refractivity contribution is 6.26. The minimum absolute atomic E-state index is 0.00524. The molecule has 166 valence electrons. The zero-order valence-corrected chi connectivity index (χ0v) is 17.7. The number of aryl methyl sites for hydroxylation is 1. The van der Waals surface area contributed by atoms with Crippen LogP contribution in [0.25, 0.3) is 0 Å². The van der Waals surface area contributed by atoms with Crippen molar-refractivity contribution in [3.63, 3.8) is 0 Å². The first-order valence-electron chi connectivity index (χ1n) is 10.1. The van der Waals surface area contributed by atoms with Crippen molar-refractivity contribution in [3.05, 3.63) is 70.8 Å². The summed E-state index contributed by atoms with van der Waals surface area (Å²) >= 11 is 0. The second-order valence-corrected chi connectivity index (χ2v) is 7.62. The highest BCUT2D eigenvalue weighted by atomic mass is 19.1. The van der Waals surface area contributed by atoms with Crippen molar-refractivity contribution in [2.24, 2.45) is 11.5 Å². The number of ether oxygens (including phenoxy) is 1. The van der Waals surface area contributed by atoms with Crippen LogP contribution in [0.3, 0.4) is 0 Å². The number of halogens is 1. The zero-order chi connectivity index (χ0) is 23.3. The van der Waals surface area contributed by atoms with E-state index in [1.807, 2.05) is 0 Å². The number of likely N-dealkylation sites (tertiary alicyclic amines) is 1. The molecule has 0 bridgehead atoms. The van der Waals surface area contributed by atoms with Gasteiger partial charge >= 0.3 is 0 Å². The van der Waals surface area contributed by atoms with Gasteiger partial charge in [-0.15, -0.1) is 0 Å².